The molecule has 0 saturated carbocycles. The molecule has 0 saturated heterocycles. The molecule has 0 radical (unpaired) electrons. The van der Waals surface area contributed by atoms with Crippen LogP contribution in [0.1, 0.15) is 64.2 Å². The Morgan fingerprint density at radius 2 is 1.22 bits per heavy atom. The third-order valence-electron chi connectivity index (χ3n) is 7.34. The van der Waals surface area contributed by atoms with Crippen LogP contribution in [-0.2, 0) is 33.7 Å². The summed E-state index contributed by atoms with van der Waals surface area (Å²) in [4.78, 5) is 40.0. The van der Waals surface area contributed by atoms with Gasteiger partial charge in [-0.1, -0.05) is 105 Å². The Labute approximate surface area is 268 Å². The van der Waals surface area contributed by atoms with Crippen LogP contribution in [0.3, 0.4) is 0 Å². The Balaban J connectivity index is 1.81. The Morgan fingerprint density at radius 1 is 0.711 bits per heavy atom. The average Bonchev–Trinajstić information content (AvgIpc) is 2.99. The maximum Gasteiger partial charge on any atom is 0.407 e. The van der Waals surface area contributed by atoms with Crippen LogP contribution in [-0.4, -0.2) is 46.8 Å². The first-order chi connectivity index (χ1) is 21.4. The zero-order chi connectivity index (χ0) is 32.8. The summed E-state index contributed by atoms with van der Waals surface area (Å²) in [7, 11) is 0. The molecule has 0 fully saturated rings. The lowest BCUT2D eigenvalue weighted by atomic mass is 9.88. The van der Waals surface area contributed by atoms with Gasteiger partial charge in [0, 0.05) is 12.5 Å². The Bertz CT molecular complexity index is 1330. The summed E-state index contributed by atoms with van der Waals surface area (Å²) in [6.45, 7) is 9.70. The van der Waals surface area contributed by atoms with E-state index in [0.29, 0.717) is 25.8 Å². The largest absolute Gasteiger partial charge is 0.444 e. The molecule has 0 aromatic heterocycles. The fourth-order valence-corrected chi connectivity index (χ4v) is 5.15. The second-order valence-electron chi connectivity index (χ2n) is 13.0. The number of hydrogen-bond acceptors (Lipinski definition) is 5. The standard InChI is InChI=1S/C37H49N3O5/c1-26(2)21-32(35(43)38-25-29-19-13-8-14-20-29)39-34(42)30(22-27-15-9-6-10-16-27)24-33(41)31(23-28-17-11-7-12-18-28)40-36(44)45-37(3,4)5/h6-20,26,30-33,41H,21-25H2,1-5H3,(H,38,43)(H,39,42)(H,40,44)/t30-,31-,32?,33-/m0/s1. The summed E-state index contributed by atoms with van der Waals surface area (Å²) in [5.74, 6) is -1.09. The fraction of sp³-hybridized carbons (Fsp3) is 0.432. The van der Waals surface area contributed by atoms with Gasteiger partial charge in [-0.2, -0.15) is 0 Å². The molecule has 45 heavy (non-hydrogen) atoms. The van der Waals surface area contributed by atoms with Crippen LogP contribution in [0.15, 0.2) is 91.0 Å². The van der Waals surface area contributed by atoms with Gasteiger partial charge in [0.25, 0.3) is 0 Å². The Kier molecular flexibility index (Phi) is 13.6. The first-order valence-electron chi connectivity index (χ1n) is 15.8. The minimum absolute atomic E-state index is 0.0636. The van der Waals surface area contributed by atoms with Gasteiger partial charge in [-0.3, -0.25) is 9.59 Å². The van der Waals surface area contributed by atoms with Crippen molar-refractivity contribution in [2.75, 3.05) is 0 Å². The van der Waals surface area contributed by atoms with Crippen molar-refractivity contribution in [2.24, 2.45) is 11.8 Å². The summed E-state index contributed by atoms with van der Waals surface area (Å²) < 4.78 is 5.49. The van der Waals surface area contributed by atoms with Crippen LogP contribution >= 0.6 is 0 Å². The van der Waals surface area contributed by atoms with Crippen molar-refractivity contribution >= 4 is 17.9 Å². The molecule has 8 heteroatoms. The molecule has 4 atom stereocenters. The van der Waals surface area contributed by atoms with E-state index in [1.807, 2.05) is 105 Å². The van der Waals surface area contributed by atoms with Crippen LogP contribution in [0.25, 0.3) is 0 Å². The summed E-state index contributed by atoms with van der Waals surface area (Å²) in [6.07, 6.45) is -0.489. The highest BCUT2D eigenvalue weighted by molar-refractivity contribution is 5.88. The highest BCUT2D eigenvalue weighted by Gasteiger charge is 2.32. The van der Waals surface area contributed by atoms with Crippen LogP contribution < -0.4 is 16.0 Å². The summed E-state index contributed by atoms with van der Waals surface area (Å²) >= 11 is 0. The Morgan fingerprint density at radius 3 is 1.73 bits per heavy atom. The van der Waals surface area contributed by atoms with Gasteiger partial charge in [0.1, 0.15) is 11.6 Å². The molecule has 0 aliphatic rings. The lowest BCUT2D eigenvalue weighted by molar-refractivity contribution is -0.132. The average molecular weight is 616 g/mol. The third-order valence-corrected chi connectivity index (χ3v) is 7.34. The SMILES string of the molecule is CC(C)CC(NC(=O)[C@@H](Cc1ccccc1)C[C@H](O)[C@H](Cc1ccccc1)NC(=O)OC(C)(C)C)C(=O)NCc1ccccc1. The minimum atomic E-state index is -1.08. The van der Waals surface area contributed by atoms with Crippen molar-refractivity contribution < 1.29 is 24.2 Å². The van der Waals surface area contributed by atoms with Crippen molar-refractivity contribution in [2.45, 2.75) is 90.6 Å². The molecule has 0 spiro atoms. The van der Waals surface area contributed by atoms with Gasteiger partial charge in [0.05, 0.1) is 12.1 Å². The van der Waals surface area contributed by atoms with E-state index in [-0.39, 0.29) is 24.2 Å². The second kappa shape index (κ2) is 17.4. The Hall–Kier alpha value is -4.17. The van der Waals surface area contributed by atoms with Gasteiger partial charge >= 0.3 is 6.09 Å². The highest BCUT2D eigenvalue weighted by atomic mass is 16.6. The summed E-state index contributed by atoms with van der Waals surface area (Å²) in [5.41, 5.74) is 2.11. The predicted molar refractivity (Wildman–Crippen MR) is 177 cm³/mol. The number of hydrogen-bond donors (Lipinski definition) is 4. The van der Waals surface area contributed by atoms with E-state index < -0.39 is 35.8 Å². The van der Waals surface area contributed by atoms with Gasteiger partial charge in [-0.15, -0.1) is 0 Å². The van der Waals surface area contributed by atoms with E-state index >= 15 is 0 Å². The van der Waals surface area contributed by atoms with Crippen molar-refractivity contribution in [3.05, 3.63) is 108 Å². The quantitative estimate of drug-likeness (QED) is 0.178. The first-order valence-corrected chi connectivity index (χ1v) is 15.8. The summed E-state index contributed by atoms with van der Waals surface area (Å²) in [5, 5.41) is 20.4. The van der Waals surface area contributed by atoms with Crippen molar-refractivity contribution in [3.8, 4) is 0 Å². The number of alkyl carbamates (subject to hydrolysis) is 1. The van der Waals surface area contributed by atoms with Crippen molar-refractivity contribution in [1.29, 1.82) is 0 Å². The van der Waals surface area contributed by atoms with E-state index in [9.17, 15) is 19.5 Å². The van der Waals surface area contributed by atoms with Crippen LogP contribution in [0, 0.1) is 11.8 Å². The lowest BCUT2D eigenvalue weighted by Gasteiger charge is -2.30. The fourth-order valence-electron chi connectivity index (χ4n) is 5.15. The normalized spacial score (nSPS) is 14.1. The predicted octanol–water partition coefficient (Wildman–Crippen LogP) is 5.58. The molecule has 1 unspecified atom stereocenters. The van der Waals surface area contributed by atoms with E-state index in [2.05, 4.69) is 16.0 Å². The first kappa shape index (κ1) is 35.3. The minimum Gasteiger partial charge on any atom is -0.444 e. The molecule has 3 aromatic carbocycles. The topological polar surface area (TPSA) is 117 Å². The molecule has 0 aliphatic heterocycles. The van der Waals surface area contributed by atoms with E-state index in [1.54, 1.807) is 20.8 Å². The van der Waals surface area contributed by atoms with Crippen LogP contribution in [0.5, 0.6) is 0 Å². The van der Waals surface area contributed by atoms with Gasteiger partial charge in [-0.05, 0) is 69.1 Å². The van der Waals surface area contributed by atoms with Gasteiger partial charge < -0.3 is 25.8 Å². The monoisotopic (exact) mass is 615 g/mol. The number of carbonyl (C=O) groups is 3. The molecular weight excluding hydrogens is 566 g/mol. The van der Waals surface area contributed by atoms with Gasteiger partial charge in [0.15, 0.2) is 0 Å². The molecule has 0 bridgehead atoms. The van der Waals surface area contributed by atoms with E-state index in [1.165, 1.54) is 0 Å². The number of nitrogens with one attached hydrogen (secondary N) is 3. The molecule has 0 heterocycles. The lowest BCUT2D eigenvalue weighted by Crippen LogP contribution is -2.51. The zero-order valence-electron chi connectivity index (χ0n) is 27.2. The number of aliphatic hydroxyl groups excluding tert-OH is 1. The van der Waals surface area contributed by atoms with Crippen LogP contribution in [0.4, 0.5) is 4.79 Å². The highest BCUT2D eigenvalue weighted by Crippen LogP contribution is 2.20. The maximum absolute atomic E-state index is 13.9. The number of aliphatic hydroxyl groups is 1. The van der Waals surface area contributed by atoms with Crippen LogP contribution in [0.2, 0.25) is 0 Å². The van der Waals surface area contributed by atoms with Crippen molar-refractivity contribution in [1.82, 2.24) is 16.0 Å². The number of benzene rings is 3. The molecule has 3 aromatic rings. The molecular formula is C37H49N3O5. The second-order valence-corrected chi connectivity index (χ2v) is 13.0. The molecule has 242 valence electrons. The van der Waals surface area contributed by atoms with E-state index in [4.69, 9.17) is 4.74 Å². The number of amides is 3. The molecule has 3 rings (SSSR count). The number of ether oxygens (including phenoxy) is 1. The number of rotatable bonds is 15. The maximum atomic E-state index is 13.9. The molecule has 0 aliphatic carbocycles. The third kappa shape index (κ3) is 13.2. The van der Waals surface area contributed by atoms with Gasteiger partial charge in [-0.25, -0.2) is 4.79 Å². The summed E-state index contributed by atoms with van der Waals surface area (Å²) in [6, 6.07) is 27.3. The van der Waals surface area contributed by atoms with Crippen molar-refractivity contribution in [3.63, 3.8) is 0 Å². The van der Waals surface area contributed by atoms with Gasteiger partial charge in [0.2, 0.25) is 11.8 Å². The molecule has 8 nitrogen and oxygen atoms in total. The number of carbonyl (C=O) groups excluding carboxylic acids is 3. The molecule has 4 N–H and O–H groups in total. The zero-order valence-corrected chi connectivity index (χ0v) is 27.2. The van der Waals surface area contributed by atoms with E-state index in [0.717, 1.165) is 16.7 Å². The molecule has 3 amide bonds. The smallest absolute Gasteiger partial charge is 0.407 e.